The number of carbonyl (C=O) groups is 2. The summed E-state index contributed by atoms with van der Waals surface area (Å²) in [5.41, 5.74) is 3.32. The molecule has 0 spiro atoms. The standard InChI is InChI=1S/C26H25N5O4S/c1-17-5-4-6-18(15-17)24(32)27-20-8-10-21(11-9-20)28-26(36)29-25(33)19-7-12-22(23(16-19)31(34)35)30-13-2-3-14-30/h4-12,15-16H,2-3,13-14H2,1H3,(H,27,32)(H2,28,29,33,36). The molecule has 1 saturated heterocycles. The lowest BCUT2D eigenvalue weighted by atomic mass is 10.1. The molecule has 36 heavy (non-hydrogen) atoms. The molecular formula is C26H25N5O4S. The molecule has 0 aliphatic carbocycles. The summed E-state index contributed by atoms with van der Waals surface area (Å²) in [4.78, 5) is 38.1. The van der Waals surface area contributed by atoms with E-state index in [4.69, 9.17) is 12.2 Å². The van der Waals surface area contributed by atoms with Crippen LogP contribution in [0.2, 0.25) is 0 Å². The quantitative estimate of drug-likeness (QED) is 0.249. The van der Waals surface area contributed by atoms with Gasteiger partial charge in [0.05, 0.1) is 4.92 Å². The highest BCUT2D eigenvalue weighted by molar-refractivity contribution is 7.80. The van der Waals surface area contributed by atoms with Crippen molar-refractivity contribution in [1.82, 2.24) is 5.32 Å². The highest BCUT2D eigenvalue weighted by Gasteiger charge is 2.24. The molecule has 3 aromatic rings. The third kappa shape index (κ3) is 6.02. The Balaban J connectivity index is 1.36. The number of benzene rings is 3. The van der Waals surface area contributed by atoms with Gasteiger partial charge in [0, 0.05) is 41.7 Å². The molecule has 10 heteroatoms. The molecule has 1 heterocycles. The minimum absolute atomic E-state index is 0.0443. The maximum absolute atomic E-state index is 12.7. The van der Waals surface area contributed by atoms with E-state index in [0.717, 1.165) is 31.5 Å². The number of aryl methyl sites for hydroxylation is 1. The summed E-state index contributed by atoms with van der Waals surface area (Å²) < 4.78 is 0. The molecule has 1 fully saturated rings. The van der Waals surface area contributed by atoms with Crippen molar-refractivity contribution in [3.05, 3.63) is 93.5 Å². The average molecular weight is 504 g/mol. The minimum Gasteiger partial charge on any atom is -0.366 e. The zero-order chi connectivity index (χ0) is 25.7. The summed E-state index contributed by atoms with van der Waals surface area (Å²) in [5, 5.41) is 19.9. The van der Waals surface area contributed by atoms with E-state index in [2.05, 4.69) is 16.0 Å². The molecule has 3 aromatic carbocycles. The number of rotatable bonds is 6. The topological polar surface area (TPSA) is 117 Å². The molecule has 0 aromatic heterocycles. The Morgan fingerprint density at radius 3 is 2.17 bits per heavy atom. The van der Waals surface area contributed by atoms with Crippen LogP contribution in [0, 0.1) is 17.0 Å². The molecule has 184 valence electrons. The monoisotopic (exact) mass is 503 g/mol. The Morgan fingerprint density at radius 1 is 0.889 bits per heavy atom. The normalized spacial score (nSPS) is 12.6. The van der Waals surface area contributed by atoms with Gasteiger partial charge < -0.3 is 15.5 Å². The number of thiocarbonyl (C=S) groups is 1. The Morgan fingerprint density at radius 2 is 1.53 bits per heavy atom. The lowest BCUT2D eigenvalue weighted by Gasteiger charge is -2.18. The number of carbonyl (C=O) groups excluding carboxylic acids is 2. The molecule has 9 nitrogen and oxygen atoms in total. The molecule has 0 saturated carbocycles. The van der Waals surface area contributed by atoms with Crippen LogP contribution >= 0.6 is 12.2 Å². The summed E-state index contributed by atoms with van der Waals surface area (Å²) in [5.74, 6) is -0.766. The molecule has 2 amide bonds. The minimum atomic E-state index is -0.550. The molecule has 0 radical (unpaired) electrons. The highest BCUT2D eigenvalue weighted by Crippen LogP contribution is 2.31. The van der Waals surface area contributed by atoms with E-state index in [1.54, 1.807) is 48.5 Å². The largest absolute Gasteiger partial charge is 0.366 e. The van der Waals surface area contributed by atoms with Crippen molar-refractivity contribution in [2.24, 2.45) is 0 Å². The Kier molecular flexibility index (Phi) is 7.55. The van der Waals surface area contributed by atoms with E-state index in [0.29, 0.717) is 22.6 Å². The first-order valence-corrected chi connectivity index (χ1v) is 11.8. The number of hydrogen-bond donors (Lipinski definition) is 3. The van der Waals surface area contributed by atoms with Gasteiger partial charge in [-0.25, -0.2) is 0 Å². The summed E-state index contributed by atoms with van der Waals surface area (Å²) >= 11 is 5.23. The number of amides is 2. The fraction of sp³-hybridized carbons (Fsp3) is 0.192. The van der Waals surface area contributed by atoms with Gasteiger partial charge in [-0.2, -0.15) is 0 Å². The smallest absolute Gasteiger partial charge is 0.293 e. The maximum atomic E-state index is 12.7. The predicted molar refractivity (Wildman–Crippen MR) is 144 cm³/mol. The molecule has 1 aliphatic rings. The van der Waals surface area contributed by atoms with Gasteiger partial charge in [0.2, 0.25) is 0 Å². The van der Waals surface area contributed by atoms with Crippen molar-refractivity contribution in [3.63, 3.8) is 0 Å². The van der Waals surface area contributed by atoms with Gasteiger partial charge in [-0.05, 0) is 80.5 Å². The number of hydrogen-bond acceptors (Lipinski definition) is 6. The summed E-state index contributed by atoms with van der Waals surface area (Å²) in [6, 6.07) is 18.6. The molecule has 0 bridgehead atoms. The van der Waals surface area contributed by atoms with Crippen LogP contribution in [0.15, 0.2) is 66.7 Å². The number of nitrogens with zero attached hydrogens (tertiary/aromatic N) is 2. The molecule has 0 atom stereocenters. The second kappa shape index (κ2) is 11.0. The van der Waals surface area contributed by atoms with E-state index in [1.807, 2.05) is 24.0 Å². The van der Waals surface area contributed by atoms with Crippen LogP contribution in [-0.2, 0) is 0 Å². The van der Waals surface area contributed by atoms with Crippen LogP contribution < -0.4 is 20.9 Å². The number of nitro benzene ring substituents is 1. The number of nitro groups is 1. The fourth-order valence-electron chi connectivity index (χ4n) is 4.00. The predicted octanol–water partition coefficient (Wildman–Crippen LogP) is 4.88. The first-order chi connectivity index (χ1) is 17.3. The van der Waals surface area contributed by atoms with Gasteiger partial charge >= 0.3 is 0 Å². The van der Waals surface area contributed by atoms with Crippen LogP contribution in [0.5, 0.6) is 0 Å². The van der Waals surface area contributed by atoms with Crippen LogP contribution in [0.25, 0.3) is 0 Å². The maximum Gasteiger partial charge on any atom is 0.293 e. The Labute approximate surface area is 213 Å². The second-order valence-electron chi connectivity index (χ2n) is 8.46. The highest BCUT2D eigenvalue weighted by atomic mass is 32.1. The van der Waals surface area contributed by atoms with Crippen LogP contribution in [0.3, 0.4) is 0 Å². The first kappa shape index (κ1) is 24.8. The molecule has 3 N–H and O–H groups in total. The van der Waals surface area contributed by atoms with Crippen molar-refractivity contribution in [3.8, 4) is 0 Å². The van der Waals surface area contributed by atoms with E-state index < -0.39 is 10.8 Å². The third-order valence-electron chi connectivity index (χ3n) is 5.79. The van der Waals surface area contributed by atoms with Gasteiger partial charge in [-0.1, -0.05) is 17.7 Å². The summed E-state index contributed by atoms with van der Waals surface area (Å²) in [6.45, 7) is 3.44. The van der Waals surface area contributed by atoms with Crippen molar-refractivity contribution in [2.45, 2.75) is 19.8 Å². The van der Waals surface area contributed by atoms with Crippen LogP contribution in [0.4, 0.5) is 22.7 Å². The zero-order valence-corrected chi connectivity index (χ0v) is 20.4. The van der Waals surface area contributed by atoms with Gasteiger partial charge in [-0.3, -0.25) is 25.0 Å². The number of anilines is 3. The molecule has 1 aliphatic heterocycles. The van der Waals surface area contributed by atoms with Crippen molar-refractivity contribution in [1.29, 1.82) is 0 Å². The van der Waals surface area contributed by atoms with E-state index in [1.165, 1.54) is 6.07 Å². The fourth-order valence-corrected chi connectivity index (χ4v) is 4.21. The van der Waals surface area contributed by atoms with E-state index >= 15 is 0 Å². The van der Waals surface area contributed by atoms with Gasteiger partial charge in [0.1, 0.15) is 5.69 Å². The lowest BCUT2D eigenvalue weighted by molar-refractivity contribution is -0.384. The summed E-state index contributed by atoms with van der Waals surface area (Å²) in [6.07, 6.45) is 1.97. The number of nitrogens with one attached hydrogen (secondary N) is 3. The second-order valence-corrected chi connectivity index (χ2v) is 8.87. The van der Waals surface area contributed by atoms with Gasteiger partial charge in [0.15, 0.2) is 5.11 Å². The lowest BCUT2D eigenvalue weighted by Crippen LogP contribution is -2.34. The molecule has 0 unspecified atom stereocenters. The van der Waals surface area contributed by atoms with Crippen molar-refractivity contribution < 1.29 is 14.5 Å². The van der Waals surface area contributed by atoms with Crippen LogP contribution in [0.1, 0.15) is 39.1 Å². The molecular weight excluding hydrogens is 478 g/mol. The van der Waals surface area contributed by atoms with Crippen LogP contribution in [-0.4, -0.2) is 34.9 Å². The Hall–Kier alpha value is -4.31. The summed E-state index contributed by atoms with van der Waals surface area (Å²) in [7, 11) is 0. The van der Waals surface area contributed by atoms with E-state index in [-0.39, 0.29) is 22.3 Å². The van der Waals surface area contributed by atoms with Gasteiger partial charge in [0.25, 0.3) is 17.5 Å². The Bertz CT molecular complexity index is 1320. The average Bonchev–Trinajstić information content (AvgIpc) is 3.39. The SMILES string of the molecule is Cc1cccc(C(=O)Nc2ccc(NC(=S)NC(=O)c3ccc(N4CCCC4)c([N+](=O)[O-])c3)cc2)c1. The van der Waals surface area contributed by atoms with Crippen molar-refractivity contribution in [2.75, 3.05) is 28.6 Å². The molecule has 4 rings (SSSR count). The zero-order valence-electron chi connectivity index (χ0n) is 19.6. The van der Waals surface area contributed by atoms with E-state index in [9.17, 15) is 19.7 Å². The van der Waals surface area contributed by atoms with Crippen molar-refractivity contribution >= 4 is 51.9 Å². The van der Waals surface area contributed by atoms with Gasteiger partial charge in [-0.15, -0.1) is 0 Å². The first-order valence-electron chi connectivity index (χ1n) is 11.4. The third-order valence-corrected chi connectivity index (χ3v) is 5.99.